The zero-order valence-corrected chi connectivity index (χ0v) is 27.6. The van der Waals surface area contributed by atoms with Crippen molar-refractivity contribution in [3.63, 3.8) is 0 Å². The molecule has 0 bridgehead atoms. The molecule has 1 N–H and O–H groups in total. The minimum atomic E-state index is -0.750. The number of aryl methyl sites for hydroxylation is 1. The fourth-order valence-electron chi connectivity index (χ4n) is 4.67. The van der Waals surface area contributed by atoms with E-state index >= 15 is 0 Å². The van der Waals surface area contributed by atoms with Crippen molar-refractivity contribution >= 4 is 29.4 Å². The second-order valence-electron chi connectivity index (χ2n) is 11.0. The SMILES string of the molecule is CCCCCCCCCCCCCCCCCCNC(=O)OCC(COC(=O)N(CCc1scnc1C)C(C)=O)OC. The van der Waals surface area contributed by atoms with Gasteiger partial charge < -0.3 is 19.5 Å². The lowest BCUT2D eigenvalue weighted by Gasteiger charge is -2.21. The number of thiazole rings is 1. The van der Waals surface area contributed by atoms with Crippen molar-refractivity contribution in [3.8, 4) is 0 Å². The molecule has 9 nitrogen and oxygen atoms in total. The summed E-state index contributed by atoms with van der Waals surface area (Å²) in [7, 11) is 1.45. The largest absolute Gasteiger partial charge is 0.447 e. The number of ether oxygens (including phenoxy) is 3. The molecule has 0 aromatic carbocycles. The molecule has 242 valence electrons. The van der Waals surface area contributed by atoms with E-state index in [1.54, 1.807) is 5.51 Å². The average Bonchev–Trinajstić information content (AvgIpc) is 3.38. The van der Waals surface area contributed by atoms with Crippen LogP contribution in [0.3, 0.4) is 0 Å². The molecule has 0 fully saturated rings. The van der Waals surface area contributed by atoms with Crippen molar-refractivity contribution in [1.82, 2.24) is 15.2 Å². The highest BCUT2D eigenvalue weighted by molar-refractivity contribution is 7.09. The van der Waals surface area contributed by atoms with Gasteiger partial charge in [-0.15, -0.1) is 11.3 Å². The number of hydrogen-bond acceptors (Lipinski definition) is 8. The molecule has 1 heterocycles. The third kappa shape index (κ3) is 19.1. The second kappa shape index (κ2) is 25.3. The lowest BCUT2D eigenvalue weighted by atomic mass is 10.0. The number of nitrogens with zero attached hydrogens (tertiary/aromatic N) is 2. The lowest BCUT2D eigenvalue weighted by Crippen LogP contribution is -2.39. The molecule has 1 rings (SSSR count). The number of imide groups is 1. The maximum absolute atomic E-state index is 12.5. The Bertz CT molecular complexity index is 850. The van der Waals surface area contributed by atoms with Crippen molar-refractivity contribution in [1.29, 1.82) is 0 Å². The molecule has 3 amide bonds. The number of methoxy groups -OCH3 is 1. The highest BCUT2D eigenvalue weighted by Crippen LogP contribution is 2.15. The number of amides is 3. The molecule has 42 heavy (non-hydrogen) atoms. The molecular formula is C32H57N3O6S. The zero-order valence-electron chi connectivity index (χ0n) is 26.8. The molecule has 0 radical (unpaired) electrons. The summed E-state index contributed by atoms with van der Waals surface area (Å²) in [4.78, 5) is 42.7. The van der Waals surface area contributed by atoms with E-state index in [9.17, 15) is 14.4 Å². The van der Waals surface area contributed by atoms with Gasteiger partial charge in [-0.2, -0.15) is 0 Å². The van der Waals surface area contributed by atoms with Gasteiger partial charge in [0, 0.05) is 38.4 Å². The summed E-state index contributed by atoms with van der Waals surface area (Å²) in [6.45, 7) is 6.05. The van der Waals surface area contributed by atoms with Crippen LogP contribution < -0.4 is 5.32 Å². The van der Waals surface area contributed by atoms with Crippen molar-refractivity contribution in [2.45, 2.75) is 136 Å². The average molecular weight is 612 g/mol. The first kappa shape index (κ1) is 37.8. The van der Waals surface area contributed by atoms with Crippen LogP contribution in [0.1, 0.15) is 127 Å². The molecule has 1 aromatic heterocycles. The molecule has 0 saturated carbocycles. The van der Waals surface area contributed by atoms with E-state index in [1.165, 1.54) is 115 Å². The third-order valence-electron chi connectivity index (χ3n) is 7.43. The Morgan fingerprint density at radius 1 is 0.857 bits per heavy atom. The van der Waals surface area contributed by atoms with Crippen LogP contribution in [0.4, 0.5) is 9.59 Å². The number of rotatable bonds is 25. The van der Waals surface area contributed by atoms with Crippen LogP contribution in [-0.2, 0) is 25.4 Å². The van der Waals surface area contributed by atoms with Gasteiger partial charge in [0.1, 0.15) is 19.3 Å². The smallest absolute Gasteiger partial charge is 0.416 e. The topological polar surface area (TPSA) is 107 Å². The number of hydrogen-bond donors (Lipinski definition) is 1. The van der Waals surface area contributed by atoms with Gasteiger partial charge >= 0.3 is 12.2 Å². The third-order valence-corrected chi connectivity index (χ3v) is 8.43. The van der Waals surface area contributed by atoms with Gasteiger partial charge in [-0.25, -0.2) is 19.5 Å². The number of carbonyl (C=O) groups is 3. The van der Waals surface area contributed by atoms with E-state index in [0.29, 0.717) is 13.0 Å². The number of carbonyl (C=O) groups excluding carboxylic acids is 3. The molecule has 0 aliphatic heterocycles. The van der Waals surface area contributed by atoms with E-state index < -0.39 is 24.2 Å². The maximum Gasteiger partial charge on any atom is 0.416 e. The fraction of sp³-hybridized carbons (Fsp3) is 0.812. The molecule has 10 heteroatoms. The van der Waals surface area contributed by atoms with Crippen LogP contribution in [0.15, 0.2) is 5.51 Å². The number of aromatic nitrogens is 1. The Labute approximate surface area is 258 Å². The molecule has 0 aliphatic rings. The molecule has 0 saturated heterocycles. The van der Waals surface area contributed by atoms with Gasteiger partial charge in [-0.05, 0) is 13.3 Å². The first-order valence-corrected chi connectivity index (χ1v) is 17.0. The summed E-state index contributed by atoms with van der Waals surface area (Å²) < 4.78 is 15.8. The Hall–Kier alpha value is -2.20. The maximum atomic E-state index is 12.5. The molecule has 0 aliphatic carbocycles. The minimum Gasteiger partial charge on any atom is -0.447 e. The highest BCUT2D eigenvalue weighted by Gasteiger charge is 2.22. The van der Waals surface area contributed by atoms with Crippen molar-refractivity contribution in [3.05, 3.63) is 16.1 Å². The fourth-order valence-corrected chi connectivity index (χ4v) is 5.44. The van der Waals surface area contributed by atoms with Gasteiger partial charge in [0.15, 0.2) is 0 Å². The number of alkyl carbamates (subject to hydrolysis) is 1. The first-order chi connectivity index (χ1) is 20.4. The number of unbranched alkanes of at least 4 members (excludes halogenated alkanes) is 15. The standard InChI is InChI=1S/C32H57N3O6S/c1-5-6-7-8-9-10-11-12-13-14-15-16-17-18-19-20-22-33-31(37)40-24-29(39-4)25-41-32(38)35(28(3)36)23-21-30-27(2)34-26-42-30/h26,29H,5-25H2,1-4H3,(H,33,37). The summed E-state index contributed by atoms with van der Waals surface area (Å²) >= 11 is 1.49. The van der Waals surface area contributed by atoms with Gasteiger partial charge in [-0.1, -0.05) is 103 Å². The summed E-state index contributed by atoms with van der Waals surface area (Å²) in [5, 5.41) is 2.76. The van der Waals surface area contributed by atoms with E-state index in [4.69, 9.17) is 14.2 Å². The normalized spacial score (nSPS) is 11.7. The molecule has 0 spiro atoms. The van der Waals surface area contributed by atoms with Crippen LogP contribution in [0.25, 0.3) is 0 Å². The number of nitrogens with one attached hydrogen (secondary N) is 1. The van der Waals surface area contributed by atoms with Crippen LogP contribution >= 0.6 is 11.3 Å². The van der Waals surface area contributed by atoms with Crippen LogP contribution in [0.2, 0.25) is 0 Å². The zero-order chi connectivity index (χ0) is 30.8. The van der Waals surface area contributed by atoms with Crippen molar-refractivity contribution < 1.29 is 28.6 Å². The Morgan fingerprint density at radius 3 is 1.86 bits per heavy atom. The van der Waals surface area contributed by atoms with Crippen LogP contribution in [0, 0.1) is 6.92 Å². The minimum absolute atomic E-state index is 0.0608. The predicted octanol–water partition coefficient (Wildman–Crippen LogP) is 7.98. The summed E-state index contributed by atoms with van der Waals surface area (Å²) in [5.41, 5.74) is 2.63. The van der Waals surface area contributed by atoms with Gasteiger partial charge in [0.25, 0.3) is 0 Å². The van der Waals surface area contributed by atoms with Gasteiger partial charge in [0.2, 0.25) is 5.91 Å². The van der Waals surface area contributed by atoms with E-state index in [-0.39, 0.29) is 19.8 Å². The van der Waals surface area contributed by atoms with Gasteiger partial charge in [0.05, 0.1) is 11.2 Å². The summed E-state index contributed by atoms with van der Waals surface area (Å²) in [6, 6.07) is 0. The Balaban J connectivity index is 2.02. The molecular weight excluding hydrogens is 554 g/mol. The first-order valence-electron chi connectivity index (χ1n) is 16.2. The summed E-state index contributed by atoms with van der Waals surface area (Å²) in [6.07, 6.45) is 19.6. The van der Waals surface area contributed by atoms with E-state index in [0.717, 1.165) is 28.3 Å². The molecule has 1 aromatic rings. The van der Waals surface area contributed by atoms with Crippen LogP contribution in [0.5, 0.6) is 0 Å². The molecule has 1 unspecified atom stereocenters. The Kier molecular flexibility index (Phi) is 22.8. The van der Waals surface area contributed by atoms with Crippen molar-refractivity contribution in [2.75, 3.05) is 33.4 Å². The molecule has 1 atom stereocenters. The van der Waals surface area contributed by atoms with Crippen LogP contribution in [-0.4, -0.2) is 67.5 Å². The quantitative estimate of drug-likeness (QED) is 0.112. The predicted molar refractivity (Wildman–Crippen MR) is 169 cm³/mol. The second-order valence-corrected chi connectivity index (χ2v) is 12.0. The van der Waals surface area contributed by atoms with Crippen molar-refractivity contribution in [2.24, 2.45) is 0 Å². The monoisotopic (exact) mass is 611 g/mol. The van der Waals surface area contributed by atoms with Gasteiger partial charge in [-0.3, -0.25) is 4.79 Å². The van der Waals surface area contributed by atoms with E-state index in [1.807, 2.05) is 6.92 Å². The highest BCUT2D eigenvalue weighted by atomic mass is 32.1. The summed E-state index contributed by atoms with van der Waals surface area (Å²) in [5.74, 6) is -0.402. The van der Waals surface area contributed by atoms with E-state index in [2.05, 4.69) is 17.2 Å². The lowest BCUT2D eigenvalue weighted by molar-refractivity contribution is -0.127. The Morgan fingerprint density at radius 2 is 1.38 bits per heavy atom.